The number of phenolic OH excluding ortho intramolecular Hbond substituents is 1. The van der Waals surface area contributed by atoms with Gasteiger partial charge in [0, 0.05) is 16.0 Å². The molecule has 0 radical (unpaired) electrons. The Hall–Kier alpha value is -3.19. The van der Waals surface area contributed by atoms with E-state index in [9.17, 15) is 9.90 Å². The van der Waals surface area contributed by atoms with E-state index in [0.29, 0.717) is 16.2 Å². The zero-order valence-electron chi connectivity index (χ0n) is 13.9. The van der Waals surface area contributed by atoms with Gasteiger partial charge in [0.25, 0.3) is 0 Å². The highest BCUT2D eigenvalue weighted by atomic mass is 35.5. The molecule has 7 nitrogen and oxygen atoms in total. The van der Waals surface area contributed by atoms with Gasteiger partial charge in [0.15, 0.2) is 17.3 Å². The van der Waals surface area contributed by atoms with Gasteiger partial charge in [0.1, 0.15) is 5.58 Å². The van der Waals surface area contributed by atoms with Crippen molar-refractivity contribution in [3.63, 3.8) is 0 Å². The number of hydrogen-bond acceptors (Lipinski definition) is 6. The van der Waals surface area contributed by atoms with Crippen LogP contribution >= 0.6 is 11.6 Å². The topological polar surface area (TPSA) is 93.3 Å². The number of rotatable bonds is 5. The number of carbonyl (C=O) groups is 1. The molecule has 3 aromatic rings. The second kappa shape index (κ2) is 7.37. The molecule has 8 heteroatoms. The summed E-state index contributed by atoms with van der Waals surface area (Å²) in [5.74, 6) is -0.0544. The van der Waals surface area contributed by atoms with Crippen molar-refractivity contribution in [1.29, 1.82) is 0 Å². The number of nitrogens with one attached hydrogen (secondary N) is 1. The van der Waals surface area contributed by atoms with Crippen molar-refractivity contribution in [2.24, 2.45) is 5.10 Å². The van der Waals surface area contributed by atoms with Crippen LogP contribution in [0.4, 0.5) is 0 Å². The fourth-order valence-corrected chi connectivity index (χ4v) is 2.52. The highest BCUT2D eigenvalue weighted by Crippen LogP contribution is 2.36. The summed E-state index contributed by atoms with van der Waals surface area (Å²) >= 11 is 5.92. The number of hydrogen-bond donors (Lipinski definition) is 2. The number of aromatic hydroxyl groups is 1. The fourth-order valence-electron chi connectivity index (χ4n) is 2.33. The molecule has 1 aromatic heterocycles. The molecule has 2 aromatic carbocycles. The van der Waals surface area contributed by atoms with E-state index in [2.05, 4.69) is 10.5 Å². The van der Waals surface area contributed by atoms with Gasteiger partial charge in [-0.3, -0.25) is 4.79 Å². The zero-order valence-corrected chi connectivity index (χ0v) is 14.7. The smallest absolute Gasteiger partial charge is 0.307 e. The van der Waals surface area contributed by atoms with Gasteiger partial charge in [-0.2, -0.15) is 5.10 Å². The lowest BCUT2D eigenvalue weighted by Crippen LogP contribution is -2.16. The molecule has 2 N–H and O–H groups in total. The zero-order chi connectivity index (χ0) is 18.7. The molecule has 134 valence electrons. The van der Waals surface area contributed by atoms with Crippen LogP contribution < -0.4 is 14.9 Å². The van der Waals surface area contributed by atoms with Gasteiger partial charge in [-0.1, -0.05) is 11.6 Å². The number of methoxy groups -OCH3 is 2. The Bertz CT molecular complexity index is 971. The maximum absolute atomic E-state index is 12.1. The second-order valence-electron chi connectivity index (χ2n) is 5.27. The number of nitrogens with zero attached hydrogens (tertiary/aromatic N) is 1. The predicted octanol–water partition coefficient (Wildman–Crippen LogP) is 3.57. The summed E-state index contributed by atoms with van der Waals surface area (Å²) < 4.78 is 15.6. The quantitative estimate of drug-likeness (QED) is 0.526. The van der Waals surface area contributed by atoms with E-state index in [1.165, 1.54) is 20.4 Å². The van der Waals surface area contributed by atoms with E-state index in [1.54, 1.807) is 36.4 Å². The van der Waals surface area contributed by atoms with Gasteiger partial charge in [-0.25, -0.2) is 5.43 Å². The largest absolute Gasteiger partial charge is 0.502 e. The van der Waals surface area contributed by atoms with Crippen LogP contribution in [0.3, 0.4) is 0 Å². The van der Waals surface area contributed by atoms with Crippen LogP contribution in [0.15, 0.2) is 45.9 Å². The van der Waals surface area contributed by atoms with Crippen LogP contribution in [0.5, 0.6) is 17.2 Å². The van der Waals surface area contributed by atoms with Gasteiger partial charge in [0.2, 0.25) is 5.75 Å². The molecule has 0 spiro atoms. The number of hydrazone groups is 1. The van der Waals surface area contributed by atoms with E-state index in [1.807, 2.05) is 0 Å². The lowest BCUT2D eigenvalue weighted by molar-refractivity contribution is 0.0929. The van der Waals surface area contributed by atoms with E-state index in [-0.39, 0.29) is 23.0 Å². The van der Waals surface area contributed by atoms with Gasteiger partial charge in [-0.05, 0) is 36.4 Å². The Labute approximate surface area is 153 Å². The Morgan fingerprint density at radius 1 is 1.19 bits per heavy atom. The van der Waals surface area contributed by atoms with Crippen molar-refractivity contribution in [3.8, 4) is 17.2 Å². The summed E-state index contributed by atoms with van der Waals surface area (Å²) in [7, 11) is 2.84. The Kier molecular flexibility index (Phi) is 4.99. The molecular formula is C18H15ClN2O5. The third-order valence-corrected chi connectivity index (χ3v) is 3.82. The maximum atomic E-state index is 12.1. The maximum Gasteiger partial charge on any atom is 0.307 e. The minimum Gasteiger partial charge on any atom is -0.502 e. The molecule has 1 amide bonds. The molecule has 0 aliphatic carbocycles. The first-order valence-corrected chi connectivity index (χ1v) is 7.87. The molecule has 0 saturated heterocycles. The third-order valence-electron chi connectivity index (χ3n) is 3.58. The standard InChI is InChI=1S/C18H15ClN2O5/c1-24-14-5-10(6-15(25-2)17(14)22)9-20-21-18(23)16-8-11-7-12(19)3-4-13(11)26-16/h3-9,22H,1-2H3,(H,21,23)/b20-9+. The molecule has 26 heavy (non-hydrogen) atoms. The molecule has 0 unspecified atom stereocenters. The number of benzene rings is 2. The summed E-state index contributed by atoms with van der Waals surface area (Å²) in [5.41, 5.74) is 3.49. The number of halogens is 1. The van der Waals surface area contributed by atoms with Gasteiger partial charge < -0.3 is 19.0 Å². The SMILES string of the molecule is COc1cc(/C=N/NC(=O)c2cc3cc(Cl)ccc3o2)cc(OC)c1O. The molecule has 0 aliphatic rings. The summed E-state index contributed by atoms with van der Waals surface area (Å²) in [5, 5.41) is 15.0. The van der Waals surface area contributed by atoms with Crippen molar-refractivity contribution in [3.05, 3.63) is 52.7 Å². The minimum atomic E-state index is -0.508. The number of amides is 1. The molecule has 0 aliphatic heterocycles. The Balaban J connectivity index is 1.76. The van der Waals surface area contributed by atoms with Gasteiger partial charge >= 0.3 is 5.91 Å². The average molecular weight is 375 g/mol. The fraction of sp³-hybridized carbons (Fsp3) is 0.111. The number of ether oxygens (including phenoxy) is 2. The first kappa shape index (κ1) is 17.6. The van der Waals surface area contributed by atoms with Crippen LogP contribution in [0.2, 0.25) is 5.02 Å². The number of carbonyl (C=O) groups excluding carboxylic acids is 1. The van der Waals surface area contributed by atoms with Crippen LogP contribution in [-0.4, -0.2) is 31.4 Å². The highest BCUT2D eigenvalue weighted by Gasteiger charge is 2.13. The van der Waals surface area contributed by atoms with E-state index < -0.39 is 5.91 Å². The molecule has 0 bridgehead atoms. The third kappa shape index (κ3) is 3.57. The Morgan fingerprint density at radius 2 is 1.88 bits per heavy atom. The van der Waals surface area contributed by atoms with Crippen molar-refractivity contribution < 1.29 is 23.8 Å². The van der Waals surface area contributed by atoms with Crippen LogP contribution in [0.1, 0.15) is 16.1 Å². The van der Waals surface area contributed by atoms with Crippen molar-refractivity contribution in [2.45, 2.75) is 0 Å². The average Bonchev–Trinajstić information content (AvgIpc) is 3.05. The van der Waals surface area contributed by atoms with Crippen LogP contribution in [-0.2, 0) is 0 Å². The first-order valence-electron chi connectivity index (χ1n) is 7.49. The summed E-state index contributed by atoms with van der Waals surface area (Å²) in [6.45, 7) is 0. The molecule has 0 saturated carbocycles. The van der Waals surface area contributed by atoms with E-state index in [4.69, 9.17) is 25.5 Å². The lowest BCUT2D eigenvalue weighted by atomic mass is 10.2. The number of furan rings is 1. The lowest BCUT2D eigenvalue weighted by Gasteiger charge is -2.09. The van der Waals surface area contributed by atoms with Gasteiger partial charge in [0.05, 0.1) is 20.4 Å². The normalized spacial score (nSPS) is 11.0. The first-order chi connectivity index (χ1) is 12.5. The molecule has 1 heterocycles. The van der Waals surface area contributed by atoms with Crippen molar-refractivity contribution in [1.82, 2.24) is 5.43 Å². The Morgan fingerprint density at radius 3 is 2.54 bits per heavy atom. The summed E-state index contributed by atoms with van der Waals surface area (Å²) in [4.78, 5) is 12.1. The molecular weight excluding hydrogens is 360 g/mol. The van der Waals surface area contributed by atoms with Crippen molar-refractivity contribution >= 4 is 34.7 Å². The van der Waals surface area contributed by atoms with Gasteiger partial charge in [-0.15, -0.1) is 0 Å². The number of phenols is 1. The van der Waals surface area contributed by atoms with Crippen LogP contribution in [0, 0.1) is 0 Å². The molecule has 0 atom stereocenters. The van der Waals surface area contributed by atoms with E-state index in [0.717, 1.165) is 5.39 Å². The molecule has 3 rings (SSSR count). The second-order valence-corrected chi connectivity index (χ2v) is 5.70. The minimum absolute atomic E-state index is 0.111. The summed E-state index contributed by atoms with van der Waals surface area (Å²) in [6.07, 6.45) is 1.39. The van der Waals surface area contributed by atoms with Crippen molar-refractivity contribution in [2.75, 3.05) is 14.2 Å². The van der Waals surface area contributed by atoms with Crippen LogP contribution in [0.25, 0.3) is 11.0 Å². The summed E-state index contributed by atoms with van der Waals surface area (Å²) in [6, 6.07) is 9.76. The van der Waals surface area contributed by atoms with E-state index >= 15 is 0 Å². The monoisotopic (exact) mass is 374 g/mol. The predicted molar refractivity (Wildman–Crippen MR) is 97.5 cm³/mol. The highest BCUT2D eigenvalue weighted by molar-refractivity contribution is 6.31. The number of fused-ring (bicyclic) bond motifs is 1. The molecule has 0 fully saturated rings.